The second-order valence-electron chi connectivity index (χ2n) is 10.5. The Kier molecular flexibility index (Phi) is 8.48. The molecule has 0 spiro atoms. The van der Waals surface area contributed by atoms with Gasteiger partial charge in [-0.2, -0.15) is 10.1 Å². The number of aromatic nitrogens is 2. The third-order valence-corrected chi connectivity index (χ3v) is 8.37. The summed E-state index contributed by atoms with van der Waals surface area (Å²) in [5.41, 5.74) is 6.95. The van der Waals surface area contributed by atoms with Crippen molar-refractivity contribution in [2.45, 2.75) is 57.6 Å². The number of hydrazone groups is 1. The third kappa shape index (κ3) is 5.96. The molecule has 3 N–H and O–H groups in total. The summed E-state index contributed by atoms with van der Waals surface area (Å²) in [4.78, 5) is 20.4. The van der Waals surface area contributed by atoms with Crippen molar-refractivity contribution in [3.8, 4) is 5.75 Å². The highest BCUT2D eigenvalue weighted by Gasteiger charge is 2.35. The molecule has 3 aromatic rings. The number of carbonyl (C=O) groups is 1. The quantitative estimate of drug-likeness (QED) is 0.235. The first-order valence-electron chi connectivity index (χ1n) is 12.6. The number of methoxy groups -OCH3 is 1. The smallest absolute Gasteiger partial charge is 0.236 e. The van der Waals surface area contributed by atoms with Crippen molar-refractivity contribution in [2.75, 3.05) is 17.7 Å². The summed E-state index contributed by atoms with van der Waals surface area (Å²) in [5, 5.41) is 11.0. The second kappa shape index (κ2) is 11.5. The number of anilines is 4. The van der Waals surface area contributed by atoms with Gasteiger partial charge in [0.1, 0.15) is 10.8 Å². The van der Waals surface area contributed by atoms with E-state index in [1.165, 1.54) is 13.1 Å². The second-order valence-corrected chi connectivity index (χ2v) is 12.4. The van der Waals surface area contributed by atoms with E-state index in [9.17, 15) is 13.6 Å². The Labute approximate surface area is 241 Å². The first-order valence-corrected chi connectivity index (χ1v) is 14.1. The summed E-state index contributed by atoms with van der Waals surface area (Å²) < 4.78 is 28.4. The van der Waals surface area contributed by atoms with Crippen LogP contribution in [0, 0.1) is 0 Å². The van der Waals surface area contributed by atoms with Crippen molar-refractivity contribution in [3.05, 3.63) is 64.3 Å². The number of rotatable bonds is 8. The first kappa shape index (κ1) is 29.4. The Bertz CT molecular complexity index is 1510. The molecule has 0 fully saturated rings. The molecule has 12 heteroatoms. The maximum Gasteiger partial charge on any atom is 0.236 e. The van der Waals surface area contributed by atoms with Crippen LogP contribution in [0.5, 0.6) is 5.75 Å². The molecule has 1 amide bonds. The number of hydrogen-bond donors (Lipinski definition) is 3. The van der Waals surface area contributed by atoms with Gasteiger partial charge in [-0.1, -0.05) is 43.6 Å². The van der Waals surface area contributed by atoms with Crippen molar-refractivity contribution in [3.63, 3.8) is 0 Å². The van der Waals surface area contributed by atoms with E-state index in [0.29, 0.717) is 34.9 Å². The minimum Gasteiger partial charge on any atom is -0.772 e. The number of halogens is 1. The van der Waals surface area contributed by atoms with E-state index in [1.54, 1.807) is 45.2 Å². The van der Waals surface area contributed by atoms with Gasteiger partial charge in [0.05, 0.1) is 23.7 Å². The van der Waals surface area contributed by atoms with Gasteiger partial charge in [0.2, 0.25) is 11.9 Å². The van der Waals surface area contributed by atoms with E-state index >= 15 is 0 Å². The third-order valence-electron chi connectivity index (χ3n) is 7.04. The minimum absolute atomic E-state index is 0.219. The summed E-state index contributed by atoms with van der Waals surface area (Å²) in [6, 6.07) is 11.1. The highest BCUT2D eigenvalue weighted by Crippen LogP contribution is 2.41. The molecule has 2 aromatic carbocycles. The molecule has 0 radical (unpaired) electrons. The summed E-state index contributed by atoms with van der Waals surface area (Å²) in [6.45, 7) is 8.82. The molecule has 10 nitrogen and oxygen atoms in total. The number of benzene rings is 2. The molecule has 1 aliphatic rings. The zero-order valence-corrected chi connectivity index (χ0v) is 24.8. The average Bonchev–Trinajstić information content (AvgIpc) is 2.90. The van der Waals surface area contributed by atoms with Crippen molar-refractivity contribution in [2.24, 2.45) is 5.10 Å². The monoisotopic (exact) mass is 583 g/mol. The molecule has 212 valence electrons. The molecule has 0 saturated heterocycles. The number of para-hydroxylation sites is 1. The van der Waals surface area contributed by atoms with Gasteiger partial charge in [0.15, 0.2) is 5.82 Å². The standard InChI is InChI=1S/C28H33ClN6O4S/c1-16(36)34-35-24-12-11-17-13-23(39-6)22(14-19(17)27(24,2)3)32-26-30-15-20(29)25(33-26)31-21-10-8-7-9-18(21)28(4,5)40(37)38/h7-10,13-15H,11-12H2,1-6H3,(H,34,36)(H,37,38)(H2,30,31,32,33)/p-1/b35-24+. The highest BCUT2D eigenvalue weighted by molar-refractivity contribution is 7.80. The zero-order chi connectivity index (χ0) is 29.2. The Morgan fingerprint density at radius 1 is 1.18 bits per heavy atom. The molecule has 1 aliphatic carbocycles. The largest absolute Gasteiger partial charge is 0.772 e. The molecule has 1 unspecified atom stereocenters. The van der Waals surface area contributed by atoms with Gasteiger partial charge in [-0.05, 0) is 72.7 Å². The molecule has 0 bridgehead atoms. The number of ether oxygens (including phenoxy) is 1. The number of amides is 1. The van der Waals surface area contributed by atoms with Gasteiger partial charge in [-0.15, -0.1) is 0 Å². The van der Waals surface area contributed by atoms with Gasteiger partial charge in [0, 0.05) is 23.7 Å². The van der Waals surface area contributed by atoms with Crippen LogP contribution in [0.4, 0.5) is 23.1 Å². The van der Waals surface area contributed by atoms with Crippen molar-refractivity contribution >= 4 is 57.4 Å². The summed E-state index contributed by atoms with van der Waals surface area (Å²) >= 11 is 4.07. The predicted octanol–water partition coefficient (Wildman–Crippen LogP) is 5.46. The molecule has 0 aliphatic heterocycles. The van der Waals surface area contributed by atoms with E-state index in [0.717, 1.165) is 23.3 Å². The lowest BCUT2D eigenvalue weighted by Crippen LogP contribution is -2.36. The van der Waals surface area contributed by atoms with Crippen LogP contribution in [0.15, 0.2) is 47.7 Å². The van der Waals surface area contributed by atoms with Crippen LogP contribution in [0.25, 0.3) is 0 Å². The lowest BCUT2D eigenvalue weighted by molar-refractivity contribution is -0.118. The van der Waals surface area contributed by atoms with E-state index in [-0.39, 0.29) is 16.9 Å². The number of nitrogens with zero attached hydrogens (tertiary/aromatic N) is 3. The van der Waals surface area contributed by atoms with Gasteiger partial charge in [-0.25, -0.2) is 10.4 Å². The Morgan fingerprint density at radius 3 is 2.58 bits per heavy atom. The van der Waals surface area contributed by atoms with Crippen molar-refractivity contribution < 1.29 is 18.3 Å². The number of aryl methyl sites for hydroxylation is 1. The number of hydrogen-bond acceptors (Lipinski definition) is 9. The number of fused-ring (bicyclic) bond motifs is 1. The van der Waals surface area contributed by atoms with Crippen molar-refractivity contribution in [1.82, 2.24) is 15.4 Å². The zero-order valence-electron chi connectivity index (χ0n) is 23.2. The van der Waals surface area contributed by atoms with E-state index in [2.05, 4.69) is 45.0 Å². The summed E-state index contributed by atoms with van der Waals surface area (Å²) in [5.74, 6) is 0.967. The van der Waals surface area contributed by atoms with Crippen LogP contribution in [-0.4, -0.2) is 37.5 Å². The Hall–Kier alpha value is -3.54. The van der Waals surface area contributed by atoms with E-state index in [1.807, 2.05) is 12.1 Å². The van der Waals surface area contributed by atoms with Crippen LogP contribution in [0.2, 0.25) is 5.02 Å². The first-order chi connectivity index (χ1) is 18.8. The molecule has 1 heterocycles. The maximum atomic E-state index is 11.9. The minimum atomic E-state index is -2.36. The van der Waals surface area contributed by atoms with Crippen LogP contribution in [0.1, 0.15) is 57.7 Å². The molecular weight excluding hydrogens is 552 g/mol. The van der Waals surface area contributed by atoms with Gasteiger partial charge in [-0.3, -0.25) is 9.00 Å². The lowest BCUT2D eigenvalue weighted by atomic mass is 9.71. The Balaban J connectivity index is 1.69. The molecule has 1 atom stereocenters. The molecular formula is C28H32ClN6O4S-. The molecule has 0 saturated carbocycles. The van der Waals surface area contributed by atoms with Crippen LogP contribution < -0.4 is 20.8 Å². The van der Waals surface area contributed by atoms with Crippen LogP contribution in [-0.2, 0) is 32.5 Å². The van der Waals surface area contributed by atoms with Gasteiger partial charge in [0.25, 0.3) is 0 Å². The topological polar surface area (TPSA) is 141 Å². The van der Waals surface area contributed by atoms with E-state index < -0.39 is 21.2 Å². The van der Waals surface area contributed by atoms with Crippen LogP contribution >= 0.6 is 11.6 Å². The van der Waals surface area contributed by atoms with Gasteiger partial charge >= 0.3 is 0 Å². The summed E-state index contributed by atoms with van der Waals surface area (Å²) in [7, 11) is 1.60. The van der Waals surface area contributed by atoms with Crippen LogP contribution in [0.3, 0.4) is 0 Å². The lowest BCUT2D eigenvalue weighted by Gasteiger charge is -2.35. The highest BCUT2D eigenvalue weighted by atomic mass is 35.5. The maximum absolute atomic E-state index is 11.9. The fourth-order valence-corrected chi connectivity index (χ4v) is 5.21. The average molecular weight is 584 g/mol. The molecule has 1 aromatic heterocycles. The van der Waals surface area contributed by atoms with Gasteiger partial charge < -0.3 is 19.9 Å². The fourth-order valence-electron chi connectivity index (χ4n) is 4.71. The number of nitrogens with one attached hydrogen (secondary N) is 3. The molecule has 40 heavy (non-hydrogen) atoms. The normalized spacial score (nSPS) is 16.1. The number of carbonyl (C=O) groups excluding carboxylic acids is 1. The van der Waals surface area contributed by atoms with Crippen molar-refractivity contribution in [1.29, 1.82) is 0 Å². The van der Waals surface area contributed by atoms with E-state index in [4.69, 9.17) is 16.3 Å². The fraction of sp³-hybridized carbons (Fsp3) is 0.357. The molecule has 4 rings (SSSR count). The Morgan fingerprint density at radius 2 is 1.90 bits per heavy atom. The predicted molar refractivity (Wildman–Crippen MR) is 158 cm³/mol. The SMILES string of the molecule is COc1cc2c(cc1Nc1ncc(Cl)c(Nc3ccccc3C(C)(C)S(=O)[O-])n1)C(C)(C)/C(=N/NC(C)=O)CC2. The summed E-state index contributed by atoms with van der Waals surface area (Å²) in [6.07, 6.45) is 2.93.